The third-order valence-electron chi connectivity index (χ3n) is 3.74. The van der Waals surface area contributed by atoms with Crippen LogP contribution in [0.1, 0.15) is 19.0 Å². The summed E-state index contributed by atoms with van der Waals surface area (Å²) in [5.74, 6) is 0. The summed E-state index contributed by atoms with van der Waals surface area (Å²) in [6.45, 7) is 6.54. The van der Waals surface area contributed by atoms with Gasteiger partial charge in [0.2, 0.25) is 0 Å². The first kappa shape index (κ1) is 11.6. The summed E-state index contributed by atoms with van der Waals surface area (Å²) >= 11 is 0. The summed E-state index contributed by atoms with van der Waals surface area (Å²) in [5, 5.41) is 4.18. The third-order valence-corrected chi connectivity index (χ3v) is 3.74. The first-order chi connectivity index (χ1) is 7.63. The van der Waals surface area contributed by atoms with Gasteiger partial charge in [-0.05, 0) is 31.0 Å². The standard InChI is InChI=1S/C12H22N4/c1-12(9-13)5-8-16(10-12)7-4-11-3-6-14-15(11)2/h3,6H,4-5,7-10,13H2,1-2H3. The van der Waals surface area contributed by atoms with Gasteiger partial charge in [0.15, 0.2) is 0 Å². The molecule has 1 aromatic rings. The highest BCUT2D eigenvalue weighted by Gasteiger charge is 2.31. The minimum Gasteiger partial charge on any atom is -0.330 e. The highest BCUT2D eigenvalue weighted by atomic mass is 15.3. The third kappa shape index (κ3) is 2.44. The van der Waals surface area contributed by atoms with Crippen LogP contribution in [-0.4, -0.2) is 40.9 Å². The van der Waals surface area contributed by atoms with Gasteiger partial charge < -0.3 is 10.6 Å². The Kier molecular flexibility index (Phi) is 3.30. The van der Waals surface area contributed by atoms with Crippen molar-refractivity contribution in [2.75, 3.05) is 26.2 Å². The molecule has 0 radical (unpaired) electrons. The number of hydrogen-bond donors (Lipinski definition) is 1. The van der Waals surface area contributed by atoms with Crippen LogP contribution in [0.5, 0.6) is 0 Å². The lowest BCUT2D eigenvalue weighted by atomic mass is 9.90. The van der Waals surface area contributed by atoms with Gasteiger partial charge in [-0.1, -0.05) is 6.92 Å². The summed E-state index contributed by atoms with van der Waals surface area (Å²) in [6, 6.07) is 2.10. The lowest BCUT2D eigenvalue weighted by Crippen LogP contribution is -2.32. The minimum absolute atomic E-state index is 0.340. The van der Waals surface area contributed by atoms with E-state index in [1.54, 1.807) is 0 Å². The van der Waals surface area contributed by atoms with E-state index in [0.29, 0.717) is 5.41 Å². The maximum absolute atomic E-state index is 5.80. The summed E-state index contributed by atoms with van der Waals surface area (Å²) in [7, 11) is 2.00. The molecule has 2 rings (SSSR count). The molecular weight excluding hydrogens is 200 g/mol. The highest BCUT2D eigenvalue weighted by molar-refractivity contribution is 5.01. The van der Waals surface area contributed by atoms with E-state index in [9.17, 15) is 0 Å². The molecule has 2 heterocycles. The molecule has 1 unspecified atom stereocenters. The molecule has 0 bridgehead atoms. The van der Waals surface area contributed by atoms with Crippen LogP contribution in [0.25, 0.3) is 0 Å². The molecule has 0 amide bonds. The predicted molar refractivity (Wildman–Crippen MR) is 65.1 cm³/mol. The minimum atomic E-state index is 0.340. The Morgan fingerprint density at radius 3 is 2.94 bits per heavy atom. The molecule has 90 valence electrons. The highest BCUT2D eigenvalue weighted by Crippen LogP contribution is 2.28. The maximum Gasteiger partial charge on any atom is 0.0492 e. The van der Waals surface area contributed by atoms with Crippen molar-refractivity contribution < 1.29 is 0 Å². The van der Waals surface area contributed by atoms with Crippen LogP contribution in [0.15, 0.2) is 12.3 Å². The van der Waals surface area contributed by atoms with Crippen LogP contribution in [0.3, 0.4) is 0 Å². The van der Waals surface area contributed by atoms with Gasteiger partial charge in [0.25, 0.3) is 0 Å². The van der Waals surface area contributed by atoms with E-state index in [-0.39, 0.29) is 0 Å². The lowest BCUT2D eigenvalue weighted by molar-refractivity contribution is 0.281. The number of aromatic nitrogens is 2. The molecular formula is C12H22N4. The van der Waals surface area contributed by atoms with E-state index in [0.717, 1.165) is 26.1 Å². The molecule has 4 nitrogen and oxygen atoms in total. The lowest BCUT2D eigenvalue weighted by Gasteiger charge is -2.22. The van der Waals surface area contributed by atoms with E-state index in [1.165, 1.54) is 18.7 Å². The summed E-state index contributed by atoms with van der Waals surface area (Å²) in [6.07, 6.45) is 4.18. The number of hydrogen-bond acceptors (Lipinski definition) is 3. The molecule has 1 aromatic heterocycles. The van der Waals surface area contributed by atoms with E-state index < -0.39 is 0 Å². The molecule has 1 aliphatic heterocycles. The van der Waals surface area contributed by atoms with Crippen LogP contribution in [0.2, 0.25) is 0 Å². The topological polar surface area (TPSA) is 47.1 Å². The van der Waals surface area contributed by atoms with Crippen molar-refractivity contribution in [1.29, 1.82) is 0 Å². The molecule has 16 heavy (non-hydrogen) atoms. The number of rotatable bonds is 4. The summed E-state index contributed by atoms with van der Waals surface area (Å²) in [5.41, 5.74) is 7.45. The monoisotopic (exact) mass is 222 g/mol. The van der Waals surface area contributed by atoms with Crippen molar-refractivity contribution in [2.24, 2.45) is 18.2 Å². The van der Waals surface area contributed by atoms with Gasteiger partial charge >= 0.3 is 0 Å². The molecule has 1 fully saturated rings. The van der Waals surface area contributed by atoms with Gasteiger partial charge in [0.05, 0.1) is 0 Å². The van der Waals surface area contributed by atoms with Crippen molar-refractivity contribution in [3.05, 3.63) is 18.0 Å². The van der Waals surface area contributed by atoms with E-state index in [4.69, 9.17) is 5.73 Å². The molecule has 0 spiro atoms. The van der Waals surface area contributed by atoms with Crippen molar-refractivity contribution in [3.8, 4) is 0 Å². The fourth-order valence-electron chi connectivity index (χ4n) is 2.40. The van der Waals surface area contributed by atoms with Crippen molar-refractivity contribution >= 4 is 0 Å². The van der Waals surface area contributed by atoms with Crippen molar-refractivity contribution in [2.45, 2.75) is 19.8 Å². The van der Waals surface area contributed by atoms with Crippen molar-refractivity contribution in [3.63, 3.8) is 0 Å². The van der Waals surface area contributed by atoms with Gasteiger partial charge in [0, 0.05) is 38.4 Å². The van der Waals surface area contributed by atoms with Crippen molar-refractivity contribution in [1.82, 2.24) is 14.7 Å². The zero-order valence-corrected chi connectivity index (χ0v) is 10.3. The Morgan fingerprint density at radius 1 is 1.56 bits per heavy atom. The quantitative estimate of drug-likeness (QED) is 0.813. The first-order valence-electron chi connectivity index (χ1n) is 6.02. The van der Waals surface area contributed by atoms with E-state index in [1.807, 2.05) is 17.9 Å². The number of likely N-dealkylation sites (tertiary alicyclic amines) is 1. The number of nitrogens with two attached hydrogens (primary N) is 1. The Balaban J connectivity index is 1.82. The fourth-order valence-corrected chi connectivity index (χ4v) is 2.40. The smallest absolute Gasteiger partial charge is 0.0492 e. The molecule has 0 saturated carbocycles. The molecule has 4 heteroatoms. The molecule has 0 aliphatic carbocycles. The Morgan fingerprint density at radius 2 is 2.38 bits per heavy atom. The Hall–Kier alpha value is -0.870. The SMILES string of the molecule is Cn1nccc1CCN1CCC(C)(CN)C1. The fraction of sp³-hybridized carbons (Fsp3) is 0.750. The largest absolute Gasteiger partial charge is 0.330 e. The number of aryl methyl sites for hydroxylation is 1. The molecule has 2 N–H and O–H groups in total. The van der Waals surface area contributed by atoms with Gasteiger partial charge in [0.1, 0.15) is 0 Å². The van der Waals surface area contributed by atoms with E-state index >= 15 is 0 Å². The zero-order chi connectivity index (χ0) is 11.6. The average molecular weight is 222 g/mol. The predicted octanol–water partition coefficient (Wildman–Crippen LogP) is 0.633. The molecule has 1 aliphatic rings. The van der Waals surface area contributed by atoms with E-state index in [2.05, 4.69) is 23.0 Å². The van der Waals surface area contributed by atoms with Gasteiger partial charge in [-0.3, -0.25) is 4.68 Å². The zero-order valence-electron chi connectivity index (χ0n) is 10.3. The second-order valence-corrected chi connectivity index (χ2v) is 5.24. The normalized spacial score (nSPS) is 26.4. The van der Waals surface area contributed by atoms with Crippen LogP contribution in [0, 0.1) is 5.41 Å². The first-order valence-corrected chi connectivity index (χ1v) is 6.02. The Labute approximate surface area is 97.4 Å². The van der Waals surface area contributed by atoms with Gasteiger partial charge in [-0.25, -0.2) is 0 Å². The van der Waals surface area contributed by atoms with Crippen LogP contribution in [0.4, 0.5) is 0 Å². The van der Waals surface area contributed by atoms with Gasteiger partial charge in [-0.2, -0.15) is 5.10 Å². The maximum atomic E-state index is 5.80. The molecule has 1 atom stereocenters. The average Bonchev–Trinajstić information content (AvgIpc) is 2.84. The molecule has 0 aromatic carbocycles. The molecule has 1 saturated heterocycles. The summed E-state index contributed by atoms with van der Waals surface area (Å²) < 4.78 is 1.96. The second-order valence-electron chi connectivity index (χ2n) is 5.24. The second kappa shape index (κ2) is 4.55. The summed E-state index contributed by atoms with van der Waals surface area (Å²) in [4.78, 5) is 2.51. The number of nitrogens with zero attached hydrogens (tertiary/aromatic N) is 3. The van der Waals surface area contributed by atoms with Crippen LogP contribution >= 0.6 is 0 Å². The van der Waals surface area contributed by atoms with Crippen LogP contribution < -0.4 is 5.73 Å². The van der Waals surface area contributed by atoms with Gasteiger partial charge in [-0.15, -0.1) is 0 Å². The Bertz CT molecular complexity index is 347. The van der Waals surface area contributed by atoms with Crippen LogP contribution in [-0.2, 0) is 13.5 Å².